The highest BCUT2D eigenvalue weighted by molar-refractivity contribution is 5.99. The van der Waals surface area contributed by atoms with Gasteiger partial charge < -0.3 is 24.5 Å². The Morgan fingerprint density at radius 2 is 2.03 bits per heavy atom. The molecule has 0 aliphatic rings. The van der Waals surface area contributed by atoms with E-state index in [4.69, 9.17) is 13.9 Å². The van der Waals surface area contributed by atoms with E-state index in [0.717, 1.165) is 5.56 Å². The van der Waals surface area contributed by atoms with Crippen LogP contribution in [0.2, 0.25) is 0 Å². The third kappa shape index (κ3) is 4.00. The molecule has 31 heavy (non-hydrogen) atoms. The second-order valence-electron chi connectivity index (χ2n) is 6.59. The van der Waals surface area contributed by atoms with E-state index in [1.807, 2.05) is 18.2 Å². The van der Waals surface area contributed by atoms with E-state index in [-0.39, 0.29) is 5.91 Å². The van der Waals surface area contributed by atoms with Gasteiger partial charge in [-0.3, -0.25) is 4.79 Å². The van der Waals surface area contributed by atoms with Crippen molar-refractivity contribution in [3.8, 4) is 23.1 Å². The summed E-state index contributed by atoms with van der Waals surface area (Å²) in [5.74, 6) is 2.35. The van der Waals surface area contributed by atoms with E-state index >= 15 is 0 Å². The highest BCUT2D eigenvalue weighted by Crippen LogP contribution is 2.27. The Kier molecular flexibility index (Phi) is 5.69. The molecule has 1 amide bonds. The minimum absolute atomic E-state index is 0.293. The Hall–Kier alpha value is -4.08. The summed E-state index contributed by atoms with van der Waals surface area (Å²) in [5.41, 5.74) is 1.71. The fraction of sp³-hybridized carbons (Fsp3) is 0.238. The Labute approximate surface area is 178 Å². The lowest BCUT2D eigenvalue weighted by atomic mass is 10.1. The maximum absolute atomic E-state index is 12.8. The Bertz CT molecular complexity index is 1200. The molecule has 4 aromatic rings. The van der Waals surface area contributed by atoms with E-state index in [2.05, 4.69) is 25.7 Å². The van der Waals surface area contributed by atoms with Crippen molar-refractivity contribution < 1.29 is 18.7 Å². The number of methoxy groups -OCH3 is 2. The number of rotatable bonds is 8. The molecule has 10 nitrogen and oxygen atoms in total. The second-order valence-corrected chi connectivity index (χ2v) is 6.59. The molecule has 3 heterocycles. The summed E-state index contributed by atoms with van der Waals surface area (Å²) < 4.78 is 17.4. The van der Waals surface area contributed by atoms with E-state index in [1.165, 1.54) is 10.7 Å². The number of nitrogens with zero attached hydrogens (tertiary/aromatic N) is 4. The van der Waals surface area contributed by atoms with Crippen LogP contribution in [0.15, 0.2) is 47.2 Å². The lowest BCUT2D eigenvalue weighted by Crippen LogP contribution is -2.26. The zero-order chi connectivity index (χ0) is 21.8. The minimum atomic E-state index is -0.293. The molecule has 0 saturated carbocycles. The standard InChI is InChI=1S/C21H22N6O4/c1-22-21-24-12-14(19-25-18(26-27(19)21)16-5-4-10-31-16)20(28)23-9-8-13-6-7-15(29-2)17(11-13)30-3/h4-7,10-12H,8-9H2,1-3H3,(H,22,24)(H,23,28). The van der Waals surface area contributed by atoms with E-state index < -0.39 is 0 Å². The first-order chi connectivity index (χ1) is 15.1. The maximum atomic E-state index is 12.8. The lowest BCUT2D eigenvalue weighted by molar-refractivity contribution is 0.0955. The molecule has 0 spiro atoms. The van der Waals surface area contributed by atoms with Crippen LogP contribution >= 0.6 is 0 Å². The number of amides is 1. The number of furan rings is 1. The fourth-order valence-corrected chi connectivity index (χ4v) is 3.16. The molecular weight excluding hydrogens is 400 g/mol. The highest BCUT2D eigenvalue weighted by Gasteiger charge is 2.19. The average Bonchev–Trinajstić information content (AvgIpc) is 3.48. The zero-order valence-corrected chi connectivity index (χ0v) is 17.4. The van der Waals surface area contributed by atoms with Crippen molar-refractivity contribution in [2.24, 2.45) is 0 Å². The number of nitrogens with one attached hydrogen (secondary N) is 2. The highest BCUT2D eigenvalue weighted by atomic mass is 16.5. The minimum Gasteiger partial charge on any atom is -0.493 e. The summed E-state index contributed by atoms with van der Waals surface area (Å²) in [6, 6.07) is 9.17. The van der Waals surface area contributed by atoms with Crippen LogP contribution in [0.3, 0.4) is 0 Å². The number of carbonyl (C=O) groups excluding carboxylic acids is 1. The predicted octanol–water partition coefficient (Wildman–Crippen LogP) is 2.42. The Balaban J connectivity index is 1.53. The van der Waals surface area contributed by atoms with E-state index in [9.17, 15) is 4.79 Å². The first-order valence-corrected chi connectivity index (χ1v) is 9.61. The number of hydrogen-bond acceptors (Lipinski definition) is 8. The molecule has 0 atom stereocenters. The number of aromatic nitrogens is 4. The summed E-state index contributed by atoms with van der Waals surface area (Å²) in [7, 11) is 4.90. The summed E-state index contributed by atoms with van der Waals surface area (Å²) in [6.45, 7) is 0.424. The quantitative estimate of drug-likeness (QED) is 0.445. The predicted molar refractivity (Wildman–Crippen MR) is 114 cm³/mol. The van der Waals surface area contributed by atoms with Crippen molar-refractivity contribution in [3.63, 3.8) is 0 Å². The first kappa shape index (κ1) is 20.2. The Morgan fingerprint density at radius 3 is 2.74 bits per heavy atom. The van der Waals surface area contributed by atoms with Gasteiger partial charge in [-0.05, 0) is 36.2 Å². The molecule has 3 aromatic heterocycles. The van der Waals surface area contributed by atoms with Gasteiger partial charge in [0.1, 0.15) is 5.56 Å². The van der Waals surface area contributed by atoms with Crippen LogP contribution in [0, 0.1) is 0 Å². The van der Waals surface area contributed by atoms with Crippen molar-refractivity contribution in [1.82, 2.24) is 24.9 Å². The SMILES string of the molecule is CNc1ncc(C(=O)NCCc2ccc(OC)c(OC)c2)c2nc(-c3ccco3)nn12. The third-order valence-corrected chi connectivity index (χ3v) is 4.72. The van der Waals surface area contributed by atoms with Gasteiger partial charge >= 0.3 is 0 Å². The third-order valence-electron chi connectivity index (χ3n) is 4.72. The summed E-state index contributed by atoms with van der Waals surface area (Å²) in [6.07, 6.45) is 3.64. The van der Waals surface area contributed by atoms with Crippen molar-refractivity contribution >= 4 is 17.5 Å². The second kappa shape index (κ2) is 8.74. The molecule has 0 saturated heterocycles. The zero-order valence-electron chi connectivity index (χ0n) is 17.4. The van der Waals surface area contributed by atoms with E-state index in [0.29, 0.717) is 53.2 Å². The molecule has 4 rings (SSSR count). The molecule has 0 fully saturated rings. The molecule has 160 valence electrons. The molecule has 0 bridgehead atoms. The number of fused-ring (bicyclic) bond motifs is 1. The lowest BCUT2D eigenvalue weighted by Gasteiger charge is -2.10. The summed E-state index contributed by atoms with van der Waals surface area (Å²) >= 11 is 0. The fourth-order valence-electron chi connectivity index (χ4n) is 3.16. The molecule has 0 radical (unpaired) electrons. The smallest absolute Gasteiger partial charge is 0.256 e. The van der Waals surface area contributed by atoms with Gasteiger partial charge in [0.15, 0.2) is 22.9 Å². The van der Waals surface area contributed by atoms with Gasteiger partial charge in [0, 0.05) is 19.8 Å². The summed E-state index contributed by atoms with van der Waals surface area (Å²) in [5, 5.41) is 10.3. The Morgan fingerprint density at radius 1 is 1.19 bits per heavy atom. The van der Waals surface area contributed by atoms with Gasteiger partial charge in [-0.1, -0.05) is 6.07 Å². The molecular formula is C21H22N6O4. The normalized spacial score (nSPS) is 10.8. The molecule has 0 unspecified atom stereocenters. The van der Waals surface area contributed by atoms with Gasteiger partial charge in [0.2, 0.25) is 11.8 Å². The molecule has 2 N–H and O–H groups in total. The number of carbonyl (C=O) groups is 1. The van der Waals surface area contributed by atoms with Crippen LogP contribution in [0.1, 0.15) is 15.9 Å². The number of anilines is 1. The molecule has 0 aliphatic heterocycles. The van der Waals surface area contributed by atoms with Crippen molar-refractivity contribution in [3.05, 3.63) is 53.9 Å². The molecule has 10 heteroatoms. The first-order valence-electron chi connectivity index (χ1n) is 9.61. The number of benzene rings is 1. The molecule has 1 aromatic carbocycles. The monoisotopic (exact) mass is 422 g/mol. The van der Waals surface area contributed by atoms with Gasteiger partial charge in [-0.2, -0.15) is 4.52 Å². The van der Waals surface area contributed by atoms with Crippen LogP contribution in [-0.4, -0.2) is 53.3 Å². The van der Waals surface area contributed by atoms with Crippen molar-refractivity contribution in [2.45, 2.75) is 6.42 Å². The van der Waals surface area contributed by atoms with E-state index in [1.54, 1.807) is 39.7 Å². The van der Waals surface area contributed by atoms with Crippen molar-refractivity contribution in [1.29, 1.82) is 0 Å². The average molecular weight is 422 g/mol. The van der Waals surface area contributed by atoms with Crippen LogP contribution < -0.4 is 20.1 Å². The van der Waals surface area contributed by atoms with Gasteiger partial charge in [0.25, 0.3) is 5.91 Å². The van der Waals surface area contributed by atoms with Gasteiger partial charge in [-0.15, -0.1) is 5.10 Å². The topological polar surface area (TPSA) is 116 Å². The van der Waals surface area contributed by atoms with Crippen LogP contribution in [0.25, 0.3) is 17.2 Å². The van der Waals surface area contributed by atoms with Gasteiger partial charge in [-0.25, -0.2) is 9.97 Å². The maximum Gasteiger partial charge on any atom is 0.256 e. The van der Waals surface area contributed by atoms with Crippen molar-refractivity contribution in [2.75, 3.05) is 33.1 Å². The summed E-state index contributed by atoms with van der Waals surface area (Å²) in [4.78, 5) is 21.6. The van der Waals surface area contributed by atoms with Crippen LogP contribution in [-0.2, 0) is 6.42 Å². The number of ether oxygens (including phenoxy) is 2. The number of hydrogen-bond donors (Lipinski definition) is 2. The van der Waals surface area contributed by atoms with Crippen LogP contribution in [0.5, 0.6) is 11.5 Å². The van der Waals surface area contributed by atoms with Crippen LogP contribution in [0.4, 0.5) is 5.95 Å². The van der Waals surface area contributed by atoms with Gasteiger partial charge in [0.05, 0.1) is 20.5 Å². The largest absolute Gasteiger partial charge is 0.493 e. The molecule has 0 aliphatic carbocycles.